The number of carbonyl (C=O) groups excluding carboxylic acids is 1. The maximum absolute atomic E-state index is 12.0. The summed E-state index contributed by atoms with van der Waals surface area (Å²) in [5.74, 6) is 0.151. The molecule has 3 N–H and O–H groups in total. The van der Waals surface area contributed by atoms with E-state index in [9.17, 15) is 4.79 Å². The Hall–Kier alpha value is -1.98. The molecule has 0 unspecified atom stereocenters. The predicted octanol–water partition coefficient (Wildman–Crippen LogP) is 2.61. The van der Waals surface area contributed by atoms with Crippen molar-refractivity contribution in [2.24, 2.45) is 13.0 Å². The van der Waals surface area contributed by atoms with E-state index in [-0.39, 0.29) is 24.6 Å². The van der Waals surface area contributed by atoms with Crippen molar-refractivity contribution in [3.63, 3.8) is 0 Å². The summed E-state index contributed by atoms with van der Waals surface area (Å²) in [7, 11) is 1.99. The van der Waals surface area contributed by atoms with Crippen LogP contribution in [0.3, 0.4) is 0 Å². The maximum Gasteiger partial charge on any atom is 0.315 e. The van der Waals surface area contributed by atoms with E-state index in [0.717, 1.165) is 28.8 Å². The van der Waals surface area contributed by atoms with Crippen LogP contribution < -0.4 is 10.6 Å². The minimum absolute atomic E-state index is 0.00171. The summed E-state index contributed by atoms with van der Waals surface area (Å²) < 4.78 is 2.05. The van der Waals surface area contributed by atoms with Crippen LogP contribution >= 0.6 is 11.6 Å². The van der Waals surface area contributed by atoms with Gasteiger partial charge in [0.05, 0.1) is 0 Å². The Balaban J connectivity index is 1.52. The van der Waals surface area contributed by atoms with Crippen molar-refractivity contribution in [3.8, 4) is 0 Å². The van der Waals surface area contributed by atoms with Crippen molar-refractivity contribution in [1.82, 2.24) is 15.2 Å². The first kappa shape index (κ1) is 16.9. The van der Waals surface area contributed by atoms with Gasteiger partial charge in [-0.3, -0.25) is 0 Å². The Morgan fingerprint density at radius 3 is 3.00 bits per heavy atom. The SMILES string of the molecule is Cn1cc(CCNC(=O)N[C@@H]2C=C[C@H](CO)C2)c2ccc(Cl)cc21. The number of nitrogens with one attached hydrogen (secondary N) is 2. The second-order valence-electron chi connectivity index (χ2n) is 6.25. The molecule has 6 heteroatoms. The van der Waals surface area contributed by atoms with Gasteiger partial charge in [-0.2, -0.15) is 0 Å². The van der Waals surface area contributed by atoms with Gasteiger partial charge >= 0.3 is 6.03 Å². The molecule has 0 radical (unpaired) electrons. The van der Waals surface area contributed by atoms with Crippen LogP contribution in [0, 0.1) is 5.92 Å². The van der Waals surface area contributed by atoms with E-state index in [2.05, 4.69) is 21.4 Å². The number of urea groups is 1. The number of amides is 2. The number of benzene rings is 1. The van der Waals surface area contributed by atoms with E-state index in [4.69, 9.17) is 16.7 Å². The molecule has 2 amide bonds. The van der Waals surface area contributed by atoms with Crippen LogP contribution in [0.25, 0.3) is 10.9 Å². The highest BCUT2D eigenvalue weighted by Crippen LogP contribution is 2.24. The number of aryl methyl sites for hydroxylation is 1. The lowest BCUT2D eigenvalue weighted by molar-refractivity contribution is 0.231. The molecule has 1 aliphatic rings. The molecule has 1 aromatic carbocycles. The number of hydrogen-bond acceptors (Lipinski definition) is 2. The molecule has 1 aliphatic carbocycles. The third-order valence-electron chi connectivity index (χ3n) is 4.44. The van der Waals surface area contributed by atoms with Gasteiger partial charge in [-0.05, 0) is 30.5 Å². The third-order valence-corrected chi connectivity index (χ3v) is 4.67. The van der Waals surface area contributed by atoms with Gasteiger partial charge in [0.25, 0.3) is 0 Å². The van der Waals surface area contributed by atoms with Crippen molar-refractivity contribution in [1.29, 1.82) is 0 Å². The molecule has 0 bridgehead atoms. The fraction of sp³-hybridized carbons (Fsp3) is 0.389. The van der Waals surface area contributed by atoms with Gasteiger partial charge in [0, 0.05) is 54.3 Å². The highest BCUT2D eigenvalue weighted by molar-refractivity contribution is 6.31. The van der Waals surface area contributed by atoms with Crippen molar-refractivity contribution < 1.29 is 9.90 Å². The van der Waals surface area contributed by atoms with Crippen molar-refractivity contribution in [3.05, 3.63) is 47.1 Å². The quantitative estimate of drug-likeness (QED) is 0.728. The first-order chi connectivity index (χ1) is 11.6. The standard InChI is InChI=1S/C18H22ClN3O2/c1-22-10-13(16-5-3-14(19)9-17(16)22)6-7-20-18(24)21-15-4-2-12(8-15)11-23/h2-5,9-10,12,15,23H,6-8,11H2,1H3,(H2,20,21,24)/t12-,15+/m0/s1. The molecule has 3 rings (SSSR count). The number of aliphatic hydroxyl groups excluding tert-OH is 1. The average Bonchev–Trinajstić information content (AvgIpc) is 3.12. The summed E-state index contributed by atoms with van der Waals surface area (Å²) in [5.41, 5.74) is 2.28. The molecule has 128 valence electrons. The van der Waals surface area contributed by atoms with Crippen molar-refractivity contribution in [2.45, 2.75) is 18.9 Å². The normalized spacial score (nSPS) is 19.8. The monoisotopic (exact) mass is 347 g/mol. The van der Waals surface area contributed by atoms with E-state index >= 15 is 0 Å². The van der Waals surface area contributed by atoms with E-state index < -0.39 is 0 Å². The smallest absolute Gasteiger partial charge is 0.315 e. The van der Waals surface area contributed by atoms with Gasteiger partial charge in [-0.1, -0.05) is 29.8 Å². The summed E-state index contributed by atoms with van der Waals surface area (Å²) in [6.07, 6.45) is 7.48. The van der Waals surface area contributed by atoms with E-state index in [1.165, 1.54) is 5.56 Å². The topological polar surface area (TPSA) is 66.3 Å². The lowest BCUT2D eigenvalue weighted by Crippen LogP contribution is -2.41. The van der Waals surface area contributed by atoms with Crippen LogP contribution in [0.15, 0.2) is 36.5 Å². The number of halogens is 1. The maximum atomic E-state index is 12.0. The second kappa shape index (κ2) is 7.28. The van der Waals surface area contributed by atoms with Gasteiger partial charge < -0.3 is 20.3 Å². The fourth-order valence-electron chi connectivity index (χ4n) is 3.19. The van der Waals surface area contributed by atoms with Gasteiger partial charge in [0.2, 0.25) is 0 Å². The van der Waals surface area contributed by atoms with Crippen LogP contribution in [0.5, 0.6) is 0 Å². The Morgan fingerprint density at radius 1 is 1.42 bits per heavy atom. The van der Waals surface area contributed by atoms with Gasteiger partial charge in [-0.25, -0.2) is 4.79 Å². The number of rotatable bonds is 5. The summed E-state index contributed by atoms with van der Waals surface area (Å²) >= 11 is 6.05. The summed E-state index contributed by atoms with van der Waals surface area (Å²) in [5, 5.41) is 16.8. The van der Waals surface area contributed by atoms with Gasteiger partial charge in [0.15, 0.2) is 0 Å². The van der Waals surface area contributed by atoms with Crippen molar-refractivity contribution >= 4 is 28.5 Å². The molecule has 24 heavy (non-hydrogen) atoms. The van der Waals surface area contributed by atoms with Crippen LogP contribution in [-0.2, 0) is 13.5 Å². The summed E-state index contributed by atoms with van der Waals surface area (Å²) in [4.78, 5) is 12.0. The lowest BCUT2D eigenvalue weighted by Gasteiger charge is -2.13. The second-order valence-corrected chi connectivity index (χ2v) is 6.68. The first-order valence-corrected chi connectivity index (χ1v) is 8.51. The van der Waals surface area contributed by atoms with E-state index in [1.54, 1.807) is 0 Å². The molecule has 5 nitrogen and oxygen atoms in total. The minimum atomic E-state index is -0.175. The number of hydrogen-bond donors (Lipinski definition) is 3. The number of aromatic nitrogens is 1. The molecular weight excluding hydrogens is 326 g/mol. The van der Waals surface area contributed by atoms with Crippen molar-refractivity contribution in [2.75, 3.05) is 13.2 Å². The predicted molar refractivity (Wildman–Crippen MR) is 96.3 cm³/mol. The lowest BCUT2D eigenvalue weighted by atomic mass is 10.1. The Morgan fingerprint density at radius 2 is 2.25 bits per heavy atom. The van der Waals surface area contributed by atoms with Gasteiger partial charge in [-0.15, -0.1) is 0 Å². The molecular formula is C18H22ClN3O2. The summed E-state index contributed by atoms with van der Waals surface area (Å²) in [6.45, 7) is 0.689. The van der Waals surface area contributed by atoms with Crippen LogP contribution in [-0.4, -0.2) is 34.9 Å². The number of nitrogens with zero attached hydrogens (tertiary/aromatic N) is 1. The third kappa shape index (κ3) is 3.74. The largest absolute Gasteiger partial charge is 0.396 e. The Kier molecular flexibility index (Phi) is 5.11. The number of carbonyl (C=O) groups is 1. The van der Waals surface area contributed by atoms with Crippen LogP contribution in [0.1, 0.15) is 12.0 Å². The zero-order valence-electron chi connectivity index (χ0n) is 13.6. The van der Waals surface area contributed by atoms with Gasteiger partial charge in [0.1, 0.15) is 0 Å². The molecule has 0 spiro atoms. The Labute approximate surface area is 146 Å². The zero-order valence-corrected chi connectivity index (χ0v) is 14.4. The molecule has 1 heterocycles. The molecule has 2 atom stereocenters. The average molecular weight is 348 g/mol. The molecule has 0 fully saturated rings. The first-order valence-electron chi connectivity index (χ1n) is 8.14. The number of fused-ring (bicyclic) bond motifs is 1. The molecule has 0 saturated carbocycles. The van der Waals surface area contributed by atoms with Crippen LogP contribution in [0.2, 0.25) is 5.02 Å². The minimum Gasteiger partial charge on any atom is -0.396 e. The molecule has 0 aliphatic heterocycles. The zero-order chi connectivity index (χ0) is 17.1. The molecule has 1 aromatic heterocycles. The Bertz CT molecular complexity index is 769. The highest BCUT2D eigenvalue weighted by atomic mass is 35.5. The van der Waals surface area contributed by atoms with E-state index in [0.29, 0.717) is 6.54 Å². The molecule has 0 saturated heterocycles. The highest BCUT2D eigenvalue weighted by Gasteiger charge is 2.19. The van der Waals surface area contributed by atoms with Crippen LogP contribution in [0.4, 0.5) is 4.79 Å². The fourth-order valence-corrected chi connectivity index (χ4v) is 3.35. The number of aliphatic hydroxyl groups is 1. The van der Waals surface area contributed by atoms with E-state index in [1.807, 2.05) is 37.4 Å². The summed E-state index contributed by atoms with van der Waals surface area (Å²) in [6, 6.07) is 5.68. The molecule has 2 aromatic rings.